The summed E-state index contributed by atoms with van der Waals surface area (Å²) in [7, 11) is 3.96. The van der Waals surface area contributed by atoms with Crippen molar-refractivity contribution in [2.75, 3.05) is 39.0 Å². The molecule has 19 heavy (non-hydrogen) atoms. The van der Waals surface area contributed by atoms with E-state index in [9.17, 15) is 4.79 Å². The zero-order valence-corrected chi connectivity index (χ0v) is 12.2. The Kier molecular flexibility index (Phi) is 4.10. The van der Waals surface area contributed by atoms with Crippen molar-refractivity contribution in [3.8, 4) is 0 Å². The molecule has 1 amide bonds. The standard InChI is InChI=1S/C15H23N3O/c1-11-5-6-14(16-3)13(9-11)15(19)18-8-7-17(4)12(2)10-18/h5-6,9,12,16H,7-8,10H2,1-4H3. The number of carbonyl (C=O) groups excluding carboxylic acids is 1. The van der Waals surface area contributed by atoms with E-state index in [0.29, 0.717) is 6.04 Å². The Labute approximate surface area is 115 Å². The molecule has 0 radical (unpaired) electrons. The molecule has 104 valence electrons. The second kappa shape index (κ2) is 5.61. The Morgan fingerprint density at radius 2 is 2.11 bits per heavy atom. The van der Waals surface area contributed by atoms with E-state index >= 15 is 0 Å². The average molecular weight is 261 g/mol. The number of nitrogens with zero attached hydrogens (tertiary/aromatic N) is 2. The maximum absolute atomic E-state index is 12.7. The van der Waals surface area contributed by atoms with Gasteiger partial charge in [0.1, 0.15) is 0 Å². The topological polar surface area (TPSA) is 35.6 Å². The number of anilines is 1. The summed E-state index contributed by atoms with van der Waals surface area (Å²) >= 11 is 0. The minimum atomic E-state index is 0.132. The highest BCUT2D eigenvalue weighted by Crippen LogP contribution is 2.20. The summed E-state index contributed by atoms with van der Waals surface area (Å²) < 4.78 is 0. The smallest absolute Gasteiger partial charge is 0.256 e. The quantitative estimate of drug-likeness (QED) is 0.882. The summed E-state index contributed by atoms with van der Waals surface area (Å²) in [6, 6.07) is 6.38. The number of hydrogen-bond acceptors (Lipinski definition) is 3. The van der Waals surface area contributed by atoms with E-state index in [1.165, 1.54) is 0 Å². The van der Waals surface area contributed by atoms with Crippen LogP contribution in [0.3, 0.4) is 0 Å². The second-order valence-corrected chi connectivity index (χ2v) is 5.38. The van der Waals surface area contributed by atoms with Crippen molar-refractivity contribution in [1.29, 1.82) is 0 Å². The molecule has 1 aliphatic heterocycles. The van der Waals surface area contributed by atoms with Crippen LogP contribution in [0.2, 0.25) is 0 Å². The lowest BCUT2D eigenvalue weighted by molar-refractivity contribution is 0.0573. The number of likely N-dealkylation sites (N-methyl/N-ethyl adjacent to an activating group) is 1. The van der Waals surface area contributed by atoms with Gasteiger partial charge in [-0.2, -0.15) is 0 Å². The number of benzene rings is 1. The minimum Gasteiger partial charge on any atom is -0.387 e. The van der Waals surface area contributed by atoms with Crippen LogP contribution in [0.5, 0.6) is 0 Å². The van der Waals surface area contributed by atoms with Gasteiger partial charge in [0.2, 0.25) is 0 Å². The van der Waals surface area contributed by atoms with E-state index in [1.807, 2.05) is 37.1 Å². The maximum atomic E-state index is 12.7. The number of rotatable bonds is 2. The van der Waals surface area contributed by atoms with Gasteiger partial charge in [-0.1, -0.05) is 11.6 Å². The SMILES string of the molecule is CNc1ccc(C)cc1C(=O)N1CCN(C)C(C)C1. The normalized spacial score (nSPS) is 20.4. The molecule has 1 aromatic rings. The van der Waals surface area contributed by atoms with Crippen molar-refractivity contribution in [2.24, 2.45) is 0 Å². The highest BCUT2D eigenvalue weighted by Gasteiger charge is 2.26. The van der Waals surface area contributed by atoms with Gasteiger partial charge in [0, 0.05) is 38.4 Å². The van der Waals surface area contributed by atoms with Crippen LogP contribution in [0.1, 0.15) is 22.8 Å². The summed E-state index contributed by atoms with van der Waals surface area (Å²) in [4.78, 5) is 16.9. The first kappa shape index (κ1) is 13.9. The molecule has 1 unspecified atom stereocenters. The first-order valence-corrected chi connectivity index (χ1v) is 6.81. The summed E-state index contributed by atoms with van der Waals surface area (Å²) in [6.07, 6.45) is 0. The zero-order chi connectivity index (χ0) is 14.0. The molecule has 0 aliphatic carbocycles. The third-order valence-corrected chi connectivity index (χ3v) is 3.92. The Morgan fingerprint density at radius 3 is 2.74 bits per heavy atom. The summed E-state index contributed by atoms with van der Waals surface area (Å²) in [5, 5.41) is 3.10. The molecule has 0 bridgehead atoms. The Morgan fingerprint density at radius 1 is 1.37 bits per heavy atom. The molecule has 1 atom stereocenters. The fourth-order valence-corrected chi connectivity index (χ4v) is 2.46. The molecule has 0 spiro atoms. The van der Waals surface area contributed by atoms with Crippen LogP contribution >= 0.6 is 0 Å². The van der Waals surface area contributed by atoms with Gasteiger partial charge in [0.25, 0.3) is 5.91 Å². The lowest BCUT2D eigenvalue weighted by atomic mass is 10.1. The number of piperazine rings is 1. The number of aryl methyl sites for hydroxylation is 1. The van der Waals surface area contributed by atoms with Gasteiger partial charge in [-0.05, 0) is 33.0 Å². The first-order chi connectivity index (χ1) is 9.02. The van der Waals surface area contributed by atoms with Crippen molar-refractivity contribution in [1.82, 2.24) is 9.80 Å². The molecule has 1 aromatic carbocycles. The van der Waals surface area contributed by atoms with Gasteiger partial charge in [-0.15, -0.1) is 0 Å². The third-order valence-electron chi connectivity index (χ3n) is 3.92. The van der Waals surface area contributed by atoms with Gasteiger partial charge >= 0.3 is 0 Å². The van der Waals surface area contributed by atoms with E-state index in [2.05, 4.69) is 24.2 Å². The number of carbonyl (C=O) groups is 1. The minimum absolute atomic E-state index is 0.132. The fourth-order valence-electron chi connectivity index (χ4n) is 2.46. The molecule has 1 fully saturated rings. The van der Waals surface area contributed by atoms with Crippen molar-refractivity contribution < 1.29 is 4.79 Å². The molecule has 1 aliphatic rings. The van der Waals surface area contributed by atoms with Gasteiger partial charge < -0.3 is 15.1 Å². The van der Waals surface area contributed by atoms with Crippen LogP contribution in [-0.2, 0) is 0 Å². The van der Waals surface area contributed by atoms with Crippen LogP contribution in [0, 0.1) is 6.92 Å². The van der Waals surface area contributed by atoms with Crippen LogP contribution in [0.4, 0.5) is 5.69 Å². The van der Waals surface area contributed by atoms with Crippen LogP contribution in [0.15, 0.2) is 18.2 Å². The Balaban J connectivity index is 2.22. The molecular formula is C15H23N3O. The molecule has 4 nitrogen and oxygen atoms in total. The molecule has 1 heterocycles. The molecule has 4 heteroatoms. The van der Waals surface area contributed by atoms with Crippen molar-refractivity contribution >= 4 is 11.6 Å². The van der Waals surface area contributed by atoms with Crippen LogP contribution in [0.25, 0.3) is 0 Å². The Hall–Kier alpha value is -1.55. The van der Waals surface area contributed by atoms with Crippen LogP contribution < -0.4 is 5.32 Å². The van der Waals surface area contributed by atoms with Gasteiger partial charge in [0.15, 0.2) is 0 Å². The molecule has 2 rings (SSSR count). The second-order valence-electron chi connectivity index (χ2n) is 5.38. The third kappa shape index (κ3) is 2.89. The molecule has 0 aromatic heterocycles. The van der Waals surface area contributed by atoms with E-state index < -0.39 is 0 Å². The van der Waals surface area contributed by atoms with E-state index in [-0.39, 0.29) is 5.91 Å². The summed E-state index contributed by atoms with van der Waals surface area (Å²) in [5.74, 6) is 0.132. The fraction of sp³-hybridized carbons (Fsp3) is 0.533. The van der Waals surface area contributed by atoms with Gasteiger partial charge in [-0.25, -0.2) is 0 Å². The van der Waals surface area contributed by atoms with E-state index in [4.69, 9.17) is 0 Å². The van der Waals surface area contributed by atoms with Crippen molar-refractivity contribution in [3.63, 3.8) is 0 Å². The molecular weight excluding hydrogens is 238 g/mol. The predicted octanol–water partition coefficient (Wildman–Crippen LogP) is 1.81. The lowest BCUT2D eigenvalue weighted by Crippen LogP contribution is -2.52. The molecule has 1 saturated heterocycles. The number of hydrogen-bond donors (Lipinski definition) is 1. The highest BCUT2D eigenvalue weighted by molar-refractivity contribution is 5.99. The van der Waals surface area contributed by atoms with Gasteiger partial charge in [0.05, 0.1) is 5.56 Å². The van der Waals surface area contributed by atoms with Gasteiger partial charge in [-0.3, -0.25) is 4.79 Å². The zero-order valence-electron chi connectivity index (χ0n) is 12.2. The van der Waals surface area contributed by atoms with E-state index in [1.54, 1.807) is 0 Å². The monoisotopic (exact) mass is 261 g/mol. The first-order valence-electron chi connectivity index (χ1n) is 6.81. The number of nitrogens with one attached hydrogen (secondary N) is 1. The average Bonchev–Trinajstić information content (AvgIpc) is 2.41. The van der Waals surface area contributed by atoms with E-state index in [0.717, 1.165) is 36.4 Å². The summed E-state index contributed by atoms with van der Waals surface area (Å²) in [5.41, 5.74) is 2.80. The molecule has 1 N–H and O–H groups in total. The van der Waals surface area contributed by atoms with Crippen molar-refractivity contribution in [2.45, 2.75) is 19.9 Å². The lowest BCUT2D eigenvalue weighted by Gasteiger charge is -2.38. The van der Waals surface area contributed by atoms with Crippen molar-refractivity contribution in [3.05, 3.63) is 29.3 Å². The highest BCUT2D eigenvalue weighted by atomic mass is 16.2. The number of amides is 1. The maximum Gasteiger partial charge on any atom is 0.256 e. The predicted molar refractivity (Wildman–Crippen MR) is 78.7 cm³/mol. The Bertz CT molecular complexity index is 472. The van der Waals surface area contributed by atoms with Crippen LogP contribution in [-0.4, -0.2) is 55.5 Å². The molecule has 0 saturated carbocycles. The summed E-state index contributed by atoms with van der Waals surface area (Å²) in [6.45, 7) is 6.72. The largest absolute Gasteiger partial charge is 0.387 e.